The lowest BCUT2D eigenvalue weighted by Gasteiger charge is -2.12. The molecule has 0 heterocycles. The van der Waals surface area contributed by atoms with Crippen molar-refractivity contribution in [3.63, 3.8) is 0 Å². The average molecular weight is 380 g/mol. The molecule has 6 heteroatoms. The molecule has 138 valence electrons. The summed E-state index contributed by atoms with van der Waals surface area (Å²) in [4.78, 5) is 12.5. The van der Waals surface area contributed by atoms with Crippen LogP contribution in [0.5, 0.6) is 0 Å². The van der Waals surface area contributed by atoms with Crippen molar-refractivity contribution in [2.24, 2.45) is 0 Å². The summed E-state index contributed by atoms with van der Waals surface area (Å²) in [6.45, 7) is 0.131. The normalized spacial score (nSPS) is 12.9. The lowest BCUT2D eigenvalue weighted by atomic mass is 10.0. The highest BCUT2D eigenvalue weighted by Gasteiger charge is 2.16. The number of sulfone groups is 1. The monoisotopic (exact) mass is 380 g/mol. The number of hydrogen-bond acceptors (Lipinski definition) is 4. The Bertz CT molecular complexity index is 1130. The van der Waals surface area contributed by atoms with Gasteiger partial charge in [-0.25, -0.2) is 8.42 Å². The zero-order valence-corrected chi connectivity index (χ0v) is 15.8. The molecule has 0 saturated carbocycles. The summed E-state index contributed by atoms with van der Waals surface area (Å²) in [5.74, 6) is -0.189. The molecule has 27 heavy (non-hydrogen) atoms. The second-order valence-corrected chi connectivity index (χ2v) is 8.83. The van der Waals surface area contributed by atoms with Gasteiger partial charge in [0.15, 0.2) is 9.84 Å². The molecule has 1 aliphatic carbocycles. The molecule has 0 aliphatic heterocycles. The zero-order chi connectivity index (χ0) is 19.0. The third-order valence-electron chi connectivity index (χ3n) is 4.88. The Balaban J connectivity index is 1.45. The maximum absolute atomic E-state index is 12.3. The summed E-state index contributed by atoms with van der Waals surface area (Å²) in [6.07, 6.45) is 3.29. The van der Waals surface area contributed by atoms with E-state index in [2.05, 4.69) is 34.9 Å². The van der Waals surface area contributed by atoms with Gasteiger partial charge in [0.1, 0.15) is 0 Å². The Morgan fingerprint density at radius 3 is 2.37 bits per heavy atom. The molecule has 1 aliphatic rings. The first-order valence-corrected chi connectivity index (χ1v) is 10.7. The number of benzene rings is 3. The summed E-state index contributed by atoms with van der Waals surface area (Å²) in [7, 11) is -3.24. The highest BCUT2D eigenvalue weighted by Crippen LogP contribution is 2.34. The summed E-state index contributed by atoms with van der Waals surface area (Å²) >= 11 is 0. The molecule has 4 rings (SSSR count). The van der Waals surface area contributed by atoms with Gasteiger partial charge in [0.2, 0.25) is 5.91 Å². The predicted molar refractivity (Wildman–Crippen MR) is 108 cm³/mol. The Labute approximate surface area is 158 Å². The largest absolute Gasteiger partial charge is 0.376 e. The molecule has 0 bridgehead atoms. The van der Waals surface area contributed by atoms with Crippen LogP contribution in [0.15, 0.2) is 59.5 Å². The molecule has 0 atom stereocenters. The van der Waals surface area contributed by atoms with E-state index in [0.29, 0.717) is 5.69 Å². The molecular formula is C21H20N2O3S. The van der Waals surface area contributed by atoms with Crippen molar-refractivity contribution in [2.75, 3.05) is 23.4 Å². The van der Waals surface area contributed by atoms with Crippen molar-refractivity contribution < 1.29 is 13.2 Å². The zero-order valence-electron chi connectivity index (χ0n) is 15.0. The van der Waals surface area contributed by atoms with Crippen molar-refractivity contribution in [1.29, 1.82) is 0 Å². The minimum atomic E-state index is -3.24. The third-order valence-corrected chi connectivity index (χ3v) is 6.01. The van der Waals surface area contributed by atoms with Crippen molar-refractivity contribution in [3.8, 4) is 0 Å². The van der Waals surface area contributed by atoms with Crippen LogP contribution in [0.3, 0.4) is 0 Å². The van der Waals surface area contributed by atoms with Crippen molar-refractivity contribution >= 4 is 37.9 Å². The Morgan fingerprint density at radius 1 is 0.963 bits per heavy atom. The van der Waals surface area contributed by atoms with Crippen molar-refractivity contribution in [2.45, 2.75) is 17.7 Å². The SMILES string of the molecule is CS(=O)(=O)c1ccc(NC(=O)CNc2ccc3c4c(cccc24)CC3)cc1. The summed E-state index contributed by atoms with van der Waals surface area (Å²) in [6, 6.07) is 16.6. The van der Waals surface area contributed by atoms with E-state index >= 15 is 0 Å². The molecule has 0 fully saturated rings. The topological polar surface area (TPSA) is 75.3 Å². The van der Waals surface area contributed by atoms with Crippen LogP contribution in [0, 0.1) is 0 Å². The van der Waals surface area contributed by atoms with E-state index in [0.717, 1.165) is 30.2 Å². The molecule has 5 nitrogen and oxygen atoms in total. The van der Waals surface area contributed by atoms with Crippen LogP contribution in [0.2, 0.25) is 0 Å². The summed E-state index contributed by atoms with van der Waals surface area (Å²) in [5, 5.41) is 8.45. The maximum atomic E-state index is 12.3. The van der Waals surface area contributed by atoms with Gasteiger partial charge in [0.05, 0.1) is 11.4 Å². The van der Waals surface area contributed by atoms with Crippen LogP contribution in [0.1, 0.15) is 11.1 Å². The fourth-order valence-electron chi connectivity index (χ4n) is 3.57. The molecule has 0 aromatic heterocycles. The number of rotatable bonds is 5. The number of amides is 1. The van der Waals surface area contributed by atoms with E-state index in [9.17, 15) is 13.2 Å². The average Bonchev–Trinajstić information content (AvgIpc) is 3.06. The van der Waals surface area contributed by atoms with Gasteiger partial charge in [-0.2, -0.15) is 0 Å². The molecule has 2 N–H and O–H groups in total. The van der Waals surface area contributed by atoms with Gasteiger partial charge in [-0.05, 0) is 59.7 Å². The Hall–Kier alpha value is -2.86. The van der Waals surface area contributed by atoms with Gasteiger partial charge < -0.3 is 10.6 Å². The van der Waals surface area contributed by atoms with Crippen LogP contribution in [-0.4, -0.2) is 27.1 Å². The van der Waals surface area contributed by atoms with E-state index in [1.165, 1.54) is 28.6 Å². The number of anilines is 2. The van der Waals surface area contributed by atoms with Gasteiger partial charge in [-0.15, -0.1) is 0 Å². The molecular weight excluding hydrogens is 360 g/mol. The van der Waals surface area contributed by atoms with Gasteiger partial charge in [-0.3, -0.25) is 4.79 Å². The van der Waals surface area contributed by atoms with Gasteiger partial charge in [-0.1, -0.05) is 24.3 Å². The lowest BCUT2D eigenvalue weighted by molar-refractivity contribution is -0.114. The van der Waals surface area contributed by atoms with E-state index in [1.54, 1.807) is 12.1 Å². The molecule has 3 aromatic carbocycles. The van der Waals surface area contributed by atoms with Gasteiger partial charge in [0, 0.05) is 23.0 Å². The minimum absolute atomic E-state index is 0.131. The van der Waals surface area contributed by atoms with Crippen LogP contribution in [-0.2, 0) is 27.5 Å². The highest BCUT2D eigenvalue weighted by atomic mass is 32.2. The molecule has 0 spiro atoms. The van der Waals surface area contributed by atoms with E-state index in [1.807, 2.05) is 6.07 Å². The highest BCUT2D eigenvalue weighted by molar-refractivity contribution is 7.90. The van der Waals surface area contributed by atoms with E-state index in [-0.39, 0.29) is 17.3 Å². The Morgan fingerprint density at radius 2 is 1.67 bits per heavy atom. The van der Waals surface area contributed by atoms with Gasteiger partial charge >= 0.3 is 0 Å². The van der Waals surface area contributed by atoms with E-state index < -0.39 is 9.84 Å². The third kappa shape index (κ3) is 3.53. The fraction of sp³-hybridized carbons (Fsp3) is 0.190. The van der Waals surface area contributed by atoms with Crippen molar-refractivity contribution in [1.82, 2.24) is 0 Å². The number of carbonyl (C=O) groups is 1. The quantitative estimate of drug-likeness (QED) is 0.711. The number of nitrogens with one attached hydrogen (secondary N) is 2. The Kier molecular flexibility index (Phi) is 4.36. The number of carbonyl (C=O) groups excluding carboxylic acids is 1. The first-order chi connectivity index (χ1) is 12.9. The predicted octanol–water partition coefficient (Wildman–Crippen LogP) is 3.39. The molecule has 1 amide bonds. The van der Waals surface area contributed by atoms with Crippen LogP contribution in [0.25, 0.3) is 10.8 Å². The first-order valence-electron chi connectivity index (χ1n) is 8.79. The lowest BCUT2D eigenvalue weighted by Crippen LogP contribution is -2.21. The van der Waals surface area contributed by atoms with Crippen LogP contribution < -0.4 is 10.6 Å². The fourth-order valence-corrected chi connectivity index (χ4v) is 4.20. The number of hydrogen-bond donors (Lipinski definition) is 2. The molecule has 0 radical (unpaired) electrons. The van der Waals surface area contributed by atoms with Crippen LogP contribution in [0.4, 0.5) is 11.4 Å². The second kappa shape index (κ2) is 6.70. The van der Waals surface area contributed by atoms with E-state index in [4.69, 9.17) is 0 Å². The maximum Gasteiger partial charge on any atom is 0.243 e. The first kappa shape index (κ1) is 17.5. The summed E-state index contributed by atoms with van der Waals surface area (Å²) < 4.78 is 23.0. The second-order valence-electron chi connectivity index (χ2n) is 6.81. The molecule has 0 unspecified atom stereocenters. The summed E-state index contributed by atoms with van der Waals surface area (Å²) in [5.41, 5.74) is 4.23. The minimum Gasteiger partial charge on any atom is -0.376 e. The molecule has 0 saturated heterocycles. The standard InChI is InChI=1S/C21H20N2O3S/c1-27(25,26)17-10-8-16(9-11-17)23-20(24)13-22-19-12-7-15-6-5-14-3-2-4-18(19)21(14)15/h2-4,7-12,22H,5-6,13H2,1H3,(H,23,24). The van der Waals surface area contributed by atoms with Crippen molar-refractivity contribution in [3.05, 3.63) is 65.7 Å². The smallest absolute Gasteiger partial charge is 0.243 e. The van der Waals surface area contributed by atoms with Gasteiger partial charge in [0.25, 0.3) is 0 Å². The molecule has 3 aromatic rings. The number of aryl methyl sites for hydroxylation is 2. The van der Waals surface area contributed by atoms with Crippen LogP contribution >= 0.6 is 0 Å².